The van der Waals surface area contributed by atoms with Gasteiger partial charge in [-0.3, -0.25) is 5.84 Å². The minimum atomic E-state index is 0.563. The van der Waals surface area contributed by atoms with Crippen LogP contribution in [0.2, 0.25) is 0 Å². The lowest BCUT2D eigenvalue weighted by Crippen LogP contribution is -2.23. The molecule has 0 radical (unpaired) electrons. The van der Waals surface area contributed by atoms with Crippen LogP contribution in [0.1, 0.15) is 6.42 Å². The molecule has 8 heavy (non-hydrogen) atoms. The molecular formula is C4H12N4. The van der Waals surface area contributed by atoms with Crippen LogP contribution < -0.4 is 22.7 Å². The Morgan fingerprint density at radius 2 is 2.25 bits per heavy atom. The number of hydrogen-bond acceptors (Lipinski definition) is 4. The molecule has 0 heterocycles. The summed E-state index contributed by atoms with van der Waals surface area (Å²) in [6.07, 6.45) is 2.11. The predicted molar refractivity (Wildman–Crippen MR) is 33.3 cm³/mol. The van der Waals surface area contributed by atoms with Gasteiger partial charge in [-0.25, -0.2) is 0 Å². The van der Waals surface area contributed by atoms with Crippen LogP contribution in [-0.4, -0.2) is 6.54 Å². The average molecular weight is 116 g/mol. The van der Waals surface area contributed by atoms with E-state index >= 15 is 0 Å². The summed E-state index contributed by atoms with van der Waals surface area (Å²) in [5.74, 6) is 5.02. The first kappa shape index (κ1) is 7.26. The Morgan fingerprint density at radius 1 is 1.62 bits per heavy atom. The summed E-state index contributed by atoms with van der Waals surface area (Å²) in [4.78, 5) is 0. The fraction of sp³-hybridized carbons (Fsp3) is 0.500. The van der Waals surface area contributed by atoms with Gasteiger partial charge >= 0.3 is 0 Å². The summed E-state index contributed by atoms with van der Waals surface area (Å²) in [6.45, 7) is 0.563. The van der Waals surface area contributed by atoms with Crippen molar-refractivity contribution in [3.63, 3.8) is 0 Å². The Labute approximate surface area is 48.7 Å². The van der Waals surface area contributed by atoms with E-state index in [1.54, 1.807) is 0 Å². The molecule has 0 aliphatic carbocycles. The Hall–Kier alpha value is -0.740. The molecule has 0 bridgehead atoms. The maximum Gasteiger partial charge on any atom is 0.0426 e. The molecule has 48 valence electrons. The topological polar surface area (TPSA) is 90.1 Å². The standard InChI is InChI=1S/C4H12N4/c5-2-1-4(3-6)8-7/h3,8H,1-2,5-7H2. The third kappa shape index (κ3) is 2.44. The second kappa shape index (κ2) is 4.42. The number of hydrogen-bond donors (Lipinski definition) is 4. The van der Waals surface area contributed by atoms with Gasteiger partial charge in [-0.1, -0.05) is 0 Å². The van der Waals surface area contributed by atoms with E-state index in [1.807, 2.05) is 0 Å². The third-order valence-corrected chi connectivity index (χ3v) is 0.800. The molecule has 0 aromatic heterocycles. The number of rotatable bonds is 3. The van der Waals surface area contributed by atoms with Gasteiger partial charge in [-0.05, 0) is 6.54 Å². The second-order valence-corrected chi connectivity index (χ2v) is 1.37. The van der Waals surface area contributed by atoms with Gasteiger partial charge in [0.1, 0.15) is 0 Å². The Bertz CT molecular complexity index is 78.1. The highest BCUT2D eigenvalue weighted by Crippen LogP contribution is 1.86. The maximum atomic E-state index is 5.19. The minimum absolute atomic E-state index is 0.563. The zero-order chi connectivity index (χ0) is 6.41. The molecule has 0 fully saturated rings. The smallest absolute Gasteiger partial charge is 0.0426 e. The monoisotopic (exact) mass is 116 g/mol. The second-order valence-electron chi connectivity index (χ2n) is 1.37. The van der Waals surface area contributed by atoms with Crippen LogP contribution in [0.3, 0.4) is 0 Å². The van der Waals surface area contributed by atoms with Gasteiger partial charge in [0.2, 0.25) is 0 Å². The molecule has 4 nitrogen and oxygen atoms in total. The van der Waals surface area contributed by atoms with Crippen molar-refractivity contribution in [1.82, 2.24) is 5.43 Å². The molecule has 0 atom stereocenters. The summed E-state index contributed by atoms with van der Waals surface area (Å²) in [5, 5.41) is 0. The first-order valence-electron chi connectivity index (χ1n) is 2.42. The molecule has 4 heteroatoms. The molecule has 0 spiro atoms. The SMILES string of the molecule is NC=C(CCN)NN. The maximum absolute atomic E-state index is 5.19. The van der Waals surface area contributed by atoms with Gasteiger partial charge < -0.3 is 16.9 Å². The Kier molecular flexibility index (Phi) is 4.01. The van der Waals surface area contributed by atoms with Gasteiger partial charge in [0.05, 0.1) is 0 Å². The van der Waals surface area contributed by atoms with Crippen molar-refractivity contribution in [3.05, 3.63) is 11.9 Å². The third-order valence-electron chi connectivity index (χ3n) is 0.800. The van der Waals surface area contributed by atoms with Crippen molar-refractivity contribution in [3.8, 4) is 0 Å². The average Bonchev–Trinajstić information content (AvgIpc) is 1.83. The van der Waals surface area contributed by atoms with Crippen molar-refractivity contribution in [2.75, 3.05) is 6.54 Å². The highest BCUT2D eigenvalue weighted by Gasteiger charge is 1.86. The highest BCUT2D eigenvalue weighted by atomic mass is 15.2. The van der Waals surface area contributed by atoms with Crippen molar-refractivity contribution < 1.29 is 0 Å². The minimum Gasteiger partial charge on any atom is -0.403 e. The molecule has 0 saturated heterocycles. The lowest BCUT2D eigenvalue weighted by Gasteiger charge is -2.00. The van der Waals surface area contributed by atoms with E-state index < -0.39 is 0 Å². The Balaban J connectivity index is 3.38. The van der Waals surface area contributed by atoms with Crippen molar-refractivity contribution >= 4 is 0 Å². The van der Waals surface area contributed by atoms with Crippen LogP contribution in [0, 0.1) is 0 Å². The zero-order valence-corrected chi connectivity index (χ0v) is 4.72. The quantitative estimate of drug-likeness (QED) is 0.269. The van der Waals surface area contributed by atoms with Crippen molar-refractivity contribution in [2.24, 2.45) is 17.3 Å². The molecule has 0 aromatic rings. The molecule has 0 aliphatic heterocycles. The lowest BCUT2D eigenvalue weighted by molar-refractivity contribution is 0.789. The first-order valence-corrected chi connectivity index (χ1v) is 2.42. The van der Waals surface area contributed by atoms with Crippen LogP contribution in [0.4, 0.5) is 0 Å². The van der Waals surface area contributed by atoms with E-state index in [0.29, 0.717) is 13.0 Å². The van der Waals surface area contributed by atoms with Crippen LogP contribution in [-0.2, 0) is 0 Å². The van der Waals surface area contributed by atoms with Crippen LogP contribution in [0.25, 0.3) is 0 Å². The molecule has 0 rings (SSSR count). The number of nitrogens with one attached hydrogen (secondary N) is 1. The Morgan fingerprint density at radius 3 is 2.38 bits per heavy atom. The molecular weight excluding hydrogens is 104 g/mol. The van der Waals surface area contributed by atoms with Crippen molar-refractivity contribution in [2.45, 2.75) is 6.42 Å². The molecule has 7 N–H and O–H groups in total. The first-order chi connectivity index (χ1) is 3.85. The number of hydrazine groups is 1. The summed E-state index contributed by atoms with van der Waals surface area (Å²) in [5.41, 5.74) is 13.5. The van der Waals surface area contributed by atoms with E-state index in [4.69, 9.17) is 17.3 Å². The van der Waals surface area contributed by atoms with Gasteiger partial charge in [-0.15, -0.1) is 0 Å². The van der Waals surface area contributed by atoms with Gasteiger partial charge in [0, 0.05) is 18.3 Å². The summed E-state index contributed by atoms with van der Waals surface area (Å²) >= 11 is 0. The van der Waals surface area contributed by atoms with Gasteiger partial charge in [0.15, 0.2) is 0 Å². The molecule has 0 saturated carbocycles. The van der Waals surface area contributed by atoms with E-state index in [-0.39, 0.29) is 0 Å². The van der Waals surface area contributed by atoms with E-state index in [1.165, 1.54) is 6.20 Å². The highest BCUT2D eigenvalue weighted by molar-refractivity contribution is 4.94. The molecule has 0 aliphatic rings. The van der Waals surface area contributed by atoms with Crippen molar-refractivity contribution in [1.29, 1.82) is 0 Å². The summed E-state index contributed by atoms with van der Waals surface area (Å²) < 4.78 is 0. The lowest BCUT2D eigenvalue weighted by atomic mass is 10.3. The largest absolute Gasteiger partial charge is 0.403 e. The zero-order valence-electron chi connectivity index (χ0n) is 4.72. The molecule has 0 aromatic carbocycles. The van der Waals surface area contributed by atoms with Crippen LogP contribution in [0.5, 0.6) is 0 Å². The molecule has 0 amide bonds. The van der Waals surface area contributed by atoms with Crippen LogP contribution >= 0.6 is 0 Å². The number of nitrogens with two attached hydrogens (primary N) is 3. The van der Waals surface area contributed by atoms with Gasteiger partial charge in [0.25, 0.3) is 0 Å². The molecule has 0 unspecified atom stereocenters. The van der Waals surface area contributed by atoms with Gasteiger partial charge in [-0.2, -0.15) is 0 Å². The van der Waals surface area contributed by atoms with E-state index in [0.717, 1.165) is 5.70 Å². The van der Waals surface area contributed by atoms with Crippen LogP contribution in [0.15, 0.2) is 11.9 Å². The summed E-state index contributed by atoms with van der Waals surface area (Å²) in [6, 6.07) is 0. The fourth-order valence-corrected chi connectivity index (χ4v) is 0.359. The van der Waals surface area contributed by atoms with E-state index in [2.05, 4.69) is 5.43 Å². The summed E-state index contributed by atoms with van der Waals surface area (Å²) in [7, 11) is 0. The fourth-order valence-electron chi connectivity index (χ4n) is 0.359. The van der Waals surface area contributed by atoms with E-state index in [9.17, 15) is 0 Å². The normalized spacial score (nSPS) is 11.5. The predicted octanol–water partition coefficient (Wildman–Crippen LogP) is -1.40.